The van der Waals surface area contributed by atoms with Gasteiger partial charge in [-0.3, -0.25) is 9.88 Å². The first kappa shape index (κ1) is 14.4. The van der Waals surface area contributed by atoms with E-state index in [1.54, 1.807) is 18.6 Å². The summed E-state index contributed by atoms with van der Waals surface area (Å²) in [6.07, 6.45) is 6.14. The molecular formula is C9H15Cl2N3O. The molecule has 0 spiro atoms. The summed E-state index contributed by atoms with van der Waals surface area (Å²) in [4.78, 5) is 10.2. The molecule has 0 amide bonds. The molecular weight excluding hydrogens is 237 g/mol. The fourth-order valence-corrected chi connectivity index (χ4v) is 1.32. The fourth-order valence-electron chi connectivity index (χ4n) is 1.32. The molecule has 1 fully saturated rings. The van der Waals surface area contributed by atoms with Gasteiger partial charge in [0.15, 0.2) is 0 Å². The molecule has 1 aliphatic heterocycles. The van der Waals surface area contributed by atoms with E-state index in [-0.39, 0.29) is 24.8 Å². The normalized spacial score (nSPS) is 19.4. The van der Waals surface area contributed by atoms with Crippen molar-refractivity contribution in [2.45, 2.75) is 12.5 Å². The zero-order chi connectivity index (χ0) is 9.10. The first-order valence-electron chi connectivity index (χ1n) is 4.45. The van der Waals surface area contributed by atoms with Gasteiger partial charge in [0.1, 0.15) is 6.61 Å². The molecule has 1 saturated heterocycles. The van der Waals surface area contributed by atoms with Crippen molar-refractivity contribution in [1.29, 1.82) is 0 Å². The highest BCUT2D eigenvalue weighted by Gasteiger charge is 2.24. The maximum atomic E-state index is 5.47. The number of nitrogens with zero attached hydrogens (tertiary/aromatic N) is 3. The van der Waals surface area contributed by atoms with Crippen LogP contribution in [0.4, 0.5) is 0 Å². The molecule has 0 unspecified atom stereocenters. The first-order valence-corrected chi connectivity index (χ1v) is 4.45. The second kappa shape index (κ2) is 6.82. The number of likely N-dealkylation sites (N-methyl/N-ethyl adjacent to an activating group) is 1. The van der Waals surface area contributed by atoms with E-state index in [9.17, 15) is 0 Å². The van der Waals surface area contributed by atoms with Crippen LogP contribution in [0.5, 0.6) is 5.88 Å². The van der Waals surface area contributed by atoms with Crippen LogP contribution in [0.15, 0.2) is 18.6 Å². The Balaban J connectivity index is 0.000000980. The number of likely N-dealkylation sites (tertiary alicyclic amines) is 1. The van der Waals surface area contributed by atoms with Crippen LogP contribution in [0.25, 0.3) is 0 Å². The lowest BCUT2D eigenvalue weighted by atomic mass is 10.1. The van der Waals surface area contributed by atoms with Gasteiger partial charge in [-0.25, -0.2) is 4.98 Å². The highest BCUT2D eigenvalue weighted by molar-refractivity contribution is 5.85. The molecule has 1 aromatic heterocycles. The molecule has 0 saturated carbocycles. The summed E-state index contributed by atoms with van der Waals surface area (Å²) in [6, 6.07) is 0.557. The largest absolute Gasteiger partial charge is 0.475 e. The summed E-state index contributed by atoms with van der Waals surface area (Å²) in [6.45, 7) is 1.89. The Morgan fingerprint density at radius 1 is 1.47 bits per heavy atom. The van der Waals surface area contributed by atoms with Crippen molar-refractivity contribution in [1.82, 2.24) is 14.9 Å². The van der Waals surface area contributed by atoms with E-state index in [0.29, 0.717) is 11.9 Å². The Kier molecular flexibility index (Phi) is 6.56. The van der Waals surface area contributed by atoms with Gasteiger partial charge in [-0.2, -0.15) is 0 Å². The maximum absolute atomic E-state index is 5.47. The molecule has 86 valence electrons. The molecule has 2 rings (SSSR count). The third-order valence-electron chi connectivity index (χ3n) is 2.40. The quantitative estimate of drug-likeness (QED) is 0.815. The molecule has 1 aromatic rings. The van der Waals surface area contributed by atoms with Gasteiger partial charge in [0.25, 0.3) is 0 Å². The lowest BCUT2D eigenvalue weighted by molar-refractivity contribution is 0.0749. The van der Waals surface area contributed by atoms with Gasteiger partial charge in [-0.1, -0.05) is 0 Å². The Bertz CT molecular complexity index is 273. The van der Waals surface area contributed by atoms with Gasteiger partial charge >= 0.3 is 0 Å². The second-order valence-electron chi connectivity index (χ2n) is 3.28. The molecule has 0 aromatic carbocycles. The Hall–Kier alpha value is -0.580. The van der Waals surface area contributed by atoms with Crippen molar-refractivity contribution in [3.8, 4) is 5.88 Å². The van der Waals surface area contributed by atoms with Crippen LogP contribution < -0.4 is 4.74 Å². The molecule has 2 heterocycles. The predicted octanol–water partition coefficient (Wildman–Crippen LogP) is 1.40. The molecule has 1 atom stereocenters. The fraction of sp³-hybridized carbons (Fsp3) is 0.556. The summed E-state index contributed by atoms with van der Waals surface area (Å²) >= 11 is 0. The van der Waals surface area contributed by atoms with E-state index in [1.807, 2.05) is 0 Å². The third kappa shape index (κ3) is 3.81. The lowest BCUT2D eigenvalue weighted by Gasteiger charge is -2.37. The first-order chi connectivity index (χ1) is 6.36. The van der Waals surface area contributed by atoms with Crippen LogP contribution in [0.1, 0.15) is 6.42 Å². The van der Waals surface area contributed by atoms with Crippen molar-refractivity contribution >= 4 is 24.8 Å². The maximum Gasteiger partial charge on any atom is 0.232 e. The molecule has 6 heteroatoms. The second-order valence-corrected chi connectivity index (χ2v) is 3.28. The van der Waals surface area contributed by atoms with E-state index in [2.05, 4.69) is 21.9 Å². The smallest absolute Gasteiger partial charge is 0.232 e. The summed E-state index contributed by atoms with van der Waals surface area (Å²) < 4.78 is 5.47. The standard InChI is InChI=1S/C9H13N3O.2ClH/c1-12-5-2-8(12)7-13-9-6-10-3-4-11-9;;/h3-4,6,8H,2,5,7H2,1H3;2*1H/t8-;;/m0../s1. The minimum Gasteiger partial charge on any atom is -0.475 e. The van der Waals surface area contributed by atoms with E-state index in [1.165, 1.54) is 13.0 Å². The molecule has 0 N–H and O–H groups in total. The van der Waals surface area contributed by atoms with Crippen LogP contribution in [0, 0.1) is 0 Å². The van der Waals surface area contributed by atoms with E-state index in [4.69, 9.17) is 4.74 Å². The zero-order valence-corrected chi connectivity index (χ0v) is 10.1. The third-order valence-corrected chi connectivity index (χ3v) is 2.40. The topological polar surface area (TPSA) is 38.2 Å². The van der Waals surface area contributed by atoms with E-state index >= 15 is 0 Å². The monoisotopic (exact) mass is 251 g/mol. The Labute approximate surface area is 102 Å². The minimum absolute atomic E-state index is 0. The van der Waals surface area contributed by atoms with Gasteiger partial charge in [0.2, 0.25) is 5.88 Å². The summed E-state index contributed by atoms with van der Waals surface area (Å²) in [5.74, 6) is 0.614. The number of ether oxygens (including phenoxy) is 1. The summed E-state index contributed by atoms with van der Waals surface area (Å²) in [5, 5.41) is 0. The minimum atomic E-state index is 0. The highest BCUT2D eigenvalue weighted by Crippen LogP contribution is 2.15. The van der Waals surface area contributed by atoms with Gasteiger partial charge in [0.05, 0.1) is 6.20 Å². The highest BCUT2D eigenvalue weighted by atomic mass is 35.5. The summed E-state index contributed by atoms with van der Waals surface area (Å²) in [5.41, 5.74) is 0. The number of rotatable bonds is 3. The SMILES string of the molecule is CN1CC[C@H]1COc1cnccn1.Cl.Cl. The number of hydrogen-bond donors (Lipinski definition) is 0. The molecule has 0 radical (unpaired) electrons. The molecule has 15 heavy (non-hydrogen) atoms. The van der Waals surface area contributed by atoms with Crippen LogP contribution in [0.3, 0.4) is 0 Å². The van der Waals surface area contributed by atoms with E-state index < -0.39 is 0 Å². The van der Waals surface area contributed by atoms with Crippen molar-refractivity contribution in [2.75, 3.05) is 20.2 Å². The van der Waals surface area contributed by atoms with Crippen molar-refractivity contribution in [2.24, 2.45) is 0 Å². The molecule has 4 nitrogen and oxygen atoms in total. The van der Waals surface area contributed by atoms with Crippen molar-refractivity contribution < 1.29 is 4.74 Å². The van der Waals surface area contributed by atoms with Gasteiger partial charge in [0, 0.05) is 18.4 Å². The Morgan fingerprint density at radius 2 is 2.27 bits per heavy atom. The van der Waals surface area contributed by atoms with Crippen molar-refractivity contribution in [3.05, 3.63) is 18.6 Å². The average molecular weight is 252 g/mol. The number of hydrogen-bond acceptors (Lipinski definition) is 4. The molecule has 0 aliphatic carbocycles. The lowest BCUT2D eigenvalue weighted by Crippen LogP contribution is -2.48. The van der Waals surface area contributed by atoms with Gasteiger partial charge < -0.3 is 4.74 Å². The van der Waals surface area contributed by atoms with Crippen LogP contribution >= 0.6 is 24.8 Å². The number of halogens is 2. The average Bonchev–Trinajstić information content (AvgIpc) is 2.17. The Morgan fingerprint density at radius 3 is 2.73 bits per heavy atom. The van der Waals surface area contributed by atoms with Crippen molar-refractivity contribution in [3.63, 3.8) is 0 Å². The summed E-state index contributed by atoms with van der Waals surface area (Å²) in [7, 11) is 2.11. The van der Waals surface area contributed by atoms with Gasteiger partial charge in [-0.15, -0.1) is 24.8 Å². The predicted molar refractivity (Wildman–Crippen MR) is 63.1 cm³/mol. The van der Waals surface area contributed by atoms with Gasteiger partial charge in [-0.05, 0) is 20.0 Å². The molecule has 1 aliphatic rings. The van der Waals surface area contributed by atoms with Crippen LogP contribution in [-0.4, -0.2) is 41.1 Å². The number of aromatic nitrogens is 2. The zero-order valence-electron chi connectivity index (χ0n) is 8.50. The van der Waals surface area contributed by atoms with Crippen LogP contribution in [0.2, 0.25) is 0 Å². The van der Waals surface area contributed by atoms with E-state index in [0.717, 1.165) is 6.61 Å². The molecule has 0 bridgehead atoms. The van der Waals surface area contributed by atoms with Crippen LogP contribution in [-0.2, 0) is 0 Å².